The zero-order valence-corrected chi connectivity index (χ0v) is 12.7. The number of hydrogen-bond donors (Lipinski definition) is 4. The van der Waals surface area contributed by atoms with Crippen molar-refractivity contribution in [2.75, 3.05) is 14.8 Å². The van der Waals surface area contributed by atoms with E-state index in [-0.39, 0.29) is 11.9 Å². The van der Waals surface area contributed by atoms with Gasteiger partial charge in [-0.15, -0.1) is 3.71 Å². The minimum Gasteiger partial charge on any atom is -0.368 e. The highest BCUT2D eigenvalue weighted by molar-refractivity contribution is 8.05. The van der Waals surface area contributed by atoms with Gasteiger partial charge in [-0.3, -0.25) is 9.11 Å². The molecule has 0 saturated carbocycles. The van der Waals surface area contributed by atoms with Crippen LogP contribution in [0.4, 0.5) is 23.3 Å². The lowest BCUT2D eigenvalue weighted by Gasteiger charge is -2.16. The van der Waals surface area contributed by atoms with Gasteiger partial charge >= 0.3 is 20.6 Å². The van der Waals surface area contributed by atoms with E-state index in [1.165, 1.54) is 12.1 Å². The molecule has 0 aliphatic carbocycles. The number of aromatic nitrogens is 3. The highest BCUT2D eigenvalue weighted by Gasteiger charge is 2.31. The maximum atomic E-state index is 11.1. The van der Waals surface area contributed by atoms with Crippen molar-refractivity contribution in [1.82, 2.24) is 15.0 Å². The standard InChI is InChI=1S/C9H10N6O6S2/c10-8-11-5-12-9(14-8)13-6-1-3-7(4-2-6)15(22(16,17)18)23(19,20)21/h1-5H,(H,16,17,18)(H,19,20,21)(H3,10,11,12,13,14). The van der Waals surface area contributed by atoms with E-state index in [0.717, 1.165) is 18.5 Å². The van der Waals surface area contributed by atoms with Gasteiger partial charge in [0.25, 0.3) is 0 Å². The highest BCUT2D eigenvalue weighted by atomic mass is 32.3. The van der Waals surface area contributed by atoms with Crippen LogP contribution in [-0.4, -0.2) is 40.9 Å². The van der Waals surface area contributed by atoms with E-state index < -0.39 is 30.0 Å². The molecule has 0 saturated heterocycles. The Labute approximate surface area is 130 Å². The average Bonchev–Trinajstić information content (AvgIpc) is 2.38. The predicted octanol–water partition coefficient (Wildman–Crippen LogP) is -0.391. The predicted molar refractivity (Wildman–Crippen MR) is 79.5 cm³/mol. The van der Waals surface area contributed by atoms with Gasteiger partial charge in [-0.25, -0.2) is 9.97 Å². The number of rotatable bonds is 5. The fraction of sp³-hybridized carbons (Fsp3) is 0. The molecule has 0 radical (unpaired) electrons. The smallest absolute Gasteiger partial charge is 0.368 e. The summed E-state index contributed by atoms with van der Waals surface area (Å²) in [5.41, 5.74) is 5.22. The number of benzene rings is 1. The summed E-state index contributed by atoms with van der Waals surface area (Å²) in [4.78, 5) is 11.1. The van der Waals surface area contributed by atoms with Gasteiger partial charge in [0.05, 0.1) is 5.69 Å². The zero-order chi connectivity index (χ0) is 17.3. The second-order valence-electron chi connectivity index (χ2n) is 3.99. The number of nitrogen functional groups attached to an aromatic ring is 1. The van der Waals surface area contributed by atoms with Crippen LogP contribution in [0.15, 0.2) is 30.6 Å². The van der Waals surface area contributed by atoms with Gasteiger partial charge in [0.1, 0.15) is 6.33 Å². The Bertz CT molecular complexity index is 882. The Balaban J connectivity index is 2.32. The van der Waals surface area contributed by atoms with Crippen LogP contribution in [0.5, 0.6) is 0 Å². The molecule has 23 heavy (non-hydrogen) atoms. The number of nitrogens with two attached hydrogens (primary N) is 1. The summed E-state index contributed by atoms with van der Waals surface area (Å²) in [6.07, 6.45) is 1.16. The van der Waals surface area contributed by atoms with Gasteiger partial charge in [0, 0.05) is 5.69 Å². The Morgan fingerprint density at radius 3 is 2.04 bits per heavy atom. The molecule has 0 aliphatic rings. The number of nitrogens with one attached hydrogen (secondary N) is 1. The van der Waals surface area contributed by atoms with Gasteiger partial charge in [0.15, 0.2) is 0 Å². The quantitative estimate of drug-likeness (QED) is 0.507. The zero-order valence-electron chi connectivity index (χ0n) is 11.1. The molecule has 1 aromatic carbocycles. The van der Waals surface area contributed by atoms with Gasteiger partial charge in [0.2, 0.25) is 11.9 Å². The Morgan fingerprint density at radius 1 is 1.00 bits per heavy atom. The minimum absolute atomic E-state index is 0.0250. The van der Waals surface area contributed by atoms with Gasteiger partial charge in [-0.05, 0) is 24.3 Å². The highest BCUT2D eigenvalue weighted by Crippen LogP contribution is 2.23. The van der Waals surface area contributed by atoms with Crippen molar-refractivity contribution in [1.29, 1.82) is 0 Å². The molecule has 0 amide bonds. The summed E-state index contributed by atoms with van der Waals surface area (Å²) in [6, 6.07) is 4.57. The van der Waals surface area contributed by atoms with Crippen LogP contribution < -0.4 is 14.8 Å². The molecular formula is C9H10N6O6S2. The molecule has 5 N–H and O–H groups in total. The molecule has 0 bridgehead atoms. The molecule has 1 aromatic heterocycles. The van der Waals surface area contributed by atoms with Crippen LogP contribution in [-0.2, 0) is 20.6 Å². The maximum Gasteiger partial charge on any atom is 0.375 e. The van der Waals surface area contributed by atoms with Crippen molar-refractivity contribution < 1.29 is 25.9 Å². The lowest BCUT2D eigenvalue weighted by atomic mass is 10.3. The molecule has 2 aromatic rings. The van der Waals surface area contributed by atoms with Gasteiger partial charge in [-0.2, -0.15) is 21.8 Å². The van der Waals surface area contributed by atoms with Crippen LogP contribution in [0.25, 0.3) is 0 Å². The summed E-state index contributed by atoms with van der Waals surface area (Å²) < 4.78 is 61.6. The second kappa shape index (κ2) is 5.92. The van der Waals surface area contributed by atoms with Crippen LogP contribution in [0.1, 0.15) is 0 Å². The van der Waals surface area contributed by atoms with E-state index in [1.54, 1.807) is 0 Å². The maximum absolute atomic E-state index is 11.1. The first-order valence-electron chi connectivity index (χ1n) is 5.64. The van der Waals surface area contributed by atoms with Crippen molar-refractivity contribution in [3.8, 4) is 0 Å². The molecule has 0 fully saturated rings. The van der Waals surface area contributed by atoms with E-state index >= 15 is 0 Å². The van der Waals surface area contributed by atoms with E-state index in [1.807, 2.05) is 0 Å². The first-order valence-corrected chi connectivity index (χ1v) is 8.44. The van der Waals surface area contributed by atoms with Gasteiger partial charge in [-0.1, -0.05) is 0 Å². The fourth-order valence-corrected chi connectivity index (χ4v) is 3.28. The van der Waals surface area contributed by atoms with Crippen molar-refractivity contribution in [3.05, 3.63) is 30.6 Å². The van der Waals surface area contributed by atoms with E-state index in [0.29, 0.717) is 5.69 Å². The number of anilines is 4. The summed E-state index contributed by atoms with van der Waals surface area (Å²) in [5, 5.41) is 2.70. The summed E-state index contributed by atoms with van der Waals surface area (Å²) in [6.45, 7) is 0. The van der Waals surface area contributed by atoms with E-state index in [2.05, 4.69) is 20.3 Å². The number of hydrogen-bond acceptors (Lipinski definition) is 9. The SMILES string of the molecule is Nc1ncnc(Nc2ccc(N(S(=O)(=O)O)S(=O)(=O)O)cc2)n1. The summed E-state index contributed by atoms with van der Waals surface area (Å²) in [5.74, 6) is 0.0784. The van der Waals surface area contributed by atoms with Crippen molar-refractivity contribution in [3.63, 3.8) is 0 Å². The van der Waals surface area contributed by atoms with Crippen molar-refractivity contribution in [2.24, 2.45) is 0 Å². The van der Waals surface area contributed by atoms with E-state index in [9.17, 15) is 16.8 Å². The largest absolute Gasteiger partial charge is 0.375 e. The Kier molecular flexibility index (Phi) is 4.33. The lowest BCUT2D eigenvalue weighted by Crippen LogP contribution is -2.35. The van der Waals surface area contributed by atoms with Crippen molar-refractivity contribution >= 4 is 43.9 Å². The summed E-state index contributed by atoms with van der Waals surface area (Å²) >= 11 is 0. The molecule has 14 heteroatoms. The Morgan fingerprint density at radius 2 is 1.57 bits per heavy atom. The van der Waals surface area contributed by atoms with Crippen LogP contribution in [0, 0.1) is 0 Å². The van der Waals surface area contributed by atoms with E-state index in [4.69, 9.17) is 14.8 Å². The molecule has 12 nitrogen and oxygen atoms in total. The molecule has 1 heterocycles. The third-order valence-electron chi connectivity index (χ3n) is 2.34. The first kappa shape index (κ1) is 16.8. The topological polar surface area (TPSA) is 189 Å². The monoisotopic (exact) mass is 362 g/mol. The minimum atomic E-state index is -5.23. The van der Waals surface area contributed by atoms with Crippen LogP contribution in [0.2, 0.25) is 0 Å². The molecular weight excluding hydrogens is 352 g/mol. The Hall–Kier alpha value is -2.55. The number of nitrogens with zero attached hydrogens (tertiary/aromatic N) is 4. The molecule has 0 aliphatic heterocycles. The lowest BCUT2D eigenvalue weighted by molar-refractivity contribution is 0.466. The van der Waals surface area contributed by atoms with Crippen LogP contribution >= 0.6 is 0 Å². The van der Waals surface area contributed by atoms with Crippen molar-refractivity contribution in [2.45, 2.75) is 0 Å². The average molecular weight is 362 g/mol. The second-order valence-corrected chi connectivity index (χ2v) is 6.74. The third-order valence-corrected chi connectivity index (χ3v) is 4.73. The third kappa shape index (κ3) is 4.22. The molecule has 124 valence electrons. The normalized spacial score (nSPS) is 11.9. The van der Waals surface area contributed by atoms with Crippen LogP contribution in [0.3, 0.4) is 0 Å². The molecule has 2 rings (SSSR count). The molecule has 0 atom stereocenters. The summed E-state index contributed by atoms with van der Waals surface area (Å²) in [7, 11) is -10.5. The van der Waals surface area contributed by atoms with Gasteiger partial charge < -0.3 is 11.1 Å². The fourth-order valence-electron chi connectivity index (χ4n) is 1.55. The molecule has 0 unspecified atom stereocenters. The first-order chi connectivity index (χ1) is 10.6. The molecule has 0 spiro atoms.